The van der Waals surface area contributed by atoms with Gasteiger partial charge in [-0.25, -0.2) is 0 Å². The van der Waals surface area contributed by atoms with Gasteiger partial charge in [0.05, 0.1) is 0 Å². The van der Waals surface area contributed by atoms with E-state index in [1.807, 2.05) is 30.3 Å². The van der Waals surface area contributed by atoms with Crippen LogP contribution in [0.25, 0.3) is 0 Å². The van der Waals surface area contributed by atoms with Crippen molar-refractivity contribution in [3.05, 3.63) is 62.2 Å². The molecule has 0 saturated heterocycles. The molecule has 1 amide bonds. The molecule has 0 atom stereocenters. The largest absolute Gasteiger partial charge is 0.322 e. The van der Waals surface area contributed by atoms with E-state index in [-0.39, 0.29) is 5.91 Å². The smallest absolute Gasteiger partial charge is 0.255 e. The minimum atomic E-state index is -0.0528. The SMILES string of the molecule is Cc1ccc(NC(=O)c2ccc3c(c2)CNCC3)cc1I. The van der Waals surface area contributed by atoms with E-state index in [1.54, 1.807) is 0 Å². The lowest BCUT2D eigenvalue weighted by Crippen LogP contribution is -2.24. The highest BCUT2D eigenvalue weighted by molar-refractivity contribution is 14.1. The van der Waals surface area contributed by atoms with Crippen LogP contribution in [0, 0.1) is 10.5 Å². The molecule has 0 fully saturated rings. The third-order valence-corrected chi connectivity index (χ3v) is 4.95. The number of nitrogens with one attached hydrogen (secondary N) is 2. The van der Waals surface area contributed by atoms with Crippen LogP contribution in [-0.4, -0.2) is 12.5 Å². The number of carbonyl (C=O) groups excluding carboxylic acids is 1. The lowest BCUT2D eigenvalue weighted by atomic mass is 9.98. The summed E-state index contributed by atoms with van der Waals surface area (Å²) in [5.74, 6) is -0.0528. The third kappa shape index (κ3) is 3.27. The van der Waals surface area contributed by atoms with E-state index in [0.29, 0.717) is 5.56 Å². The fraction of sp³-hybridized carbons (Fsp3) is 0.235. The first-order chi connectivity index (χ1) is 10.1. The van der Waals surface area contributed by atoms with Crippen molar-refractivity contribution in [2.75, 3.05) is 11.9 Å². The number of aryl methyl sites for hydroxylation is 1. The summed E-state index contributed by atoms with van der Waals surface area (Å²) in [6.07, 6.45) is 1.04. The Morgan fingerprint density at radius 2 is 2.05 bits per heavy atom. The summed E-state index contributed by atoms with van der Waals surface area (Å²) in [6, 6.07) is 11.9. The van der Waals surface area contributed by atoms with Crippen molar-refractivity contribution < 1.29 is 4.79 Å². The first kappa shape index (κ1) is 14.5. The molecule has 2 aromatic rings. The van der Waals surface area contributed by atoms with E-state index in [0.717, 1.165) is 28.8 Å². The maximum absolute atomic E-state index is 12.4. The summed E-state index contributed by atoms with van der Waals surface area (Å²) in [6.45, 7) is 3.92. The molecule has 1 aliphatic heterocycles. The molecule has 108 valence electrons. The van der Waals surface area contributed by atoms with Crippen LogP contribution in [0.3, 0.4) is 0 Å². The van der Waals surface area contributed by atoms with E-state index in [4.69, 9.17) is 0 Å². The van der Waals surface area contributed by atoms with Crippen LogP contribution in [0.2, 0.25) is 0 Å². The Bertz CT molecular complexity index is 697. The molecule has 3 nitrogen and oxygen atoms in total. The number of hydrogen-bond donors (Lipinski definition) is 2. The molecule has 0 radical (unpaired) electrons. The van der Waals surface area contributed by atoms with Gasteiger partial charge >= 0.3 is 0 Å². The van der Waals surface area contributed by atoms with Crippen LogP contribution < -0.4 is 10.6 Å². The molecule has 0 aromatic heterocycles. The van der Waals surface area contributed by atoms with Crippen molar-refractivity contribution in [2.45, 2.75) is 19.9 Å². The molecule has 1 heterocycles. The first-order valence-corrected chi connectivity index (χ1v) is 8.11. The zero-order valence-corrected chi connectivity index (χ0v) is 14.0. The van der Waals surface area contributed by atoms with E-state index >= 15 is 0 Å². The van der Waals surface area contributed by atoms with Gasteiger partial charge in [-0.15, -0.1) is 0 Å². The van der Waals surface area contributed by atoms with E-state index < -0.39 is 0 Å². The standard InChI is InChI=1S/C17H17IN2O/c1-11-2-5-15(9-16(11)18)20-17(21)13-4-3-12-6-7-19-10-14(12)8-13/h2-5,8-9,19H,6-7,10H2,1H3,(H,20,21). The number of carbonyl (C=O) groups is 1. The predicted octanol–water partition coefficient (Wildman–Crippen LogP) is 3.50. The number of fused-ring (bicyclic) bond motifs is 1. The van der Waals surface area contributed by atoms with Gasteiger partial charge in [0.15, 0.2) is 0 Å². The molecule has 0 aliphatic carbocycles. The van der Waals surface area contributed by atoms with Gasteiger partial charge < -0.3 is 10.6 Å². The molecule has 0 unspecified atom stereocenters. The molecule has 2 aromatic carbocycles. The second kappa shape index (κ2) is 6.15. The number of anilines is 1. The number of benzene rings is 2. The maximum Gasteiger partial charge on any atom is 0.255 e. The summed E-state index contributed by atoms with van der Waals surface area (Å²) in [5.41, 5.74) is 5.34. The number of halogens is 1. The van der Waals surface area contributed by atoms with Crippen molar-refractivity contribution in [1.82, 2.24) is 5.32 Å². The molecule has 3 rings (SSSR count). The minimum absolute atomic E-state index is 0.0528. The van der Waals surface area contributed by atoms with Gasteiger partial charge in [0.2, 0.25) is 0 Å². The lowest BCUT2D eigenvalue weighted by Gasteiger charge is -2.17. The van der Waals surface area contributed by atoms with Crippen LogP contribution in [0.4, 0.5) is 5.69 Å². The fourth-order valence-electron chi connectivity index (χ4n) is 2.50. The number of amides is 1. The molecule has 4 heteroatoms. The highest BCUT2D eigenvalue weighted by atomic mass is 127. The van der Waals surface area contributed by atoms with Gasteiger partial charge in [-0.3, -0.25) is 4.79 Å². The second-order valence-corrected chi connectivity index (χ2v) is 6.49. The monoisotopic (exact) mass is 392 g/mol. The van der Waals surface area contributed by atoms with Crippen molar-refractivity contribution >= 4 is 34.2 Å². The van der Waals surface area contributed by atoms with Crippen molar-refractivity contribution in [3.63, 3.8) is 0 Å². The third-order valence-electron chi connectivity index (χ3n) is 3.78. The molecule has 2 N–H and O–H groups in total. The molecule has 1 aliphatic rings. The van der Waals surface area contributed by atoms with E-state index in [9.17, 15) is 4.79 Å². The second-order valence-electron chi connectivity index (χ2n) is 5.33. The summed E-state index contributed by atoms with van der Waals surface area (Å²) in [7, 11) is 0. The van der Waals surface area contributed by atoms with E-state index in [1.165, 1.54) is 16.7 Å². The lowest BCUT2D eigenvalue weighted by molar-refractivity contribution is 0.102. The summed E-state index contributed by atoms with van der Waals surface area (Å²) >= 11 is 2.28. The normalized spacial score (nSPS) is 13.6. The Hall–Kier alpha value is -1.40. The predicted molar refractivity (Wildman–Crippen MR) is 93.7 cm³/mol. The highest BCUT2D eigenvalue weighted by Crippen LogP contribution is 2.19. The maximum atomic E-state index is 12.4. The first-order valence-electron chi connectivity index (χ1n) is 7.03. The van der Waals surface area contributed by atoms with E-state index in [2.05, 4.69) is 46.2 Å². The highest BCUT2D eigenvalue weighted by Gasteiger charge is 2.12. The average Bonchev–Trinajstić information content (AvgIpc) is 2.50. The average molecular weight is 392 g/mol. The molecular weight excluding hydrogens is 375 g/mol. The van der Waals surface area contributed by atoms with Crippen molar-refractivity contribution in [3.8, 4) is 0 Å². The Morgan fingerprint density at radius 1 is 1.19 bits per heavy atom. The Morgan fingerprint density at radius 3 is 2.86 bits per heavy atom. The van der Waals surface area contributed by atoms with Crippen LogP contribution >= 0.6 is 22.6 Å². The van der Waals surface area contributed by atoms with Crippen LogP contribution in [0.15, 0.2) is 36.4 Å². The molecule has 0 bridgehead atoms. The van der Waals surface area contributed by atoms with Crippen LogP contribution in [0.1, 0.15) is 27.0 Å². The van der Waals surface area contributed by atoms with Crippen LogP contribution in [-0.2, 0) is 13.0 Å². The Balaban J connectivity index is 1.80. The Labute approximate surface area is 138 Å². The summed E-state index contributed by atoms with van der Waals surface area (Å²) < 4.78 is 1.15. The van der Waals surface area contributed by atoms with Gasteiger partial charge in [0.1, 0.15) is 0 Å². The van der Waals surface area contributed by atoms with Gasteiger partial charge in [0, 0.05) is 21.4 Å². The fourth-order valence-corrected chi connectivity index (χ4v) is 3.01. The number of rotatable bonds is 2. The topological polar surface area (TPSA) is 41.1 Å². The van der Waals surface area contributed by atoms with Gasteiger partial charge in [-0.05, 0) is 83.4 Å². The van der Waals surface area contributed by atoms with Gasteiger partial charge in [-0.1, -0.05) is 12.1 Å². The van der Waals surface area contributed by atoms with Crippen molar-refractivity contribution in [2.24, 2.45) is 0 Å². The van der Waals surface area contributed by atoms with Gasteiger partial charge in [-0.2, -0.15) is 0 Å². The summed E-state index contributed by atoms with van der Waals surface area (Å²) in [5, 5.41) is 6.31. The number of hydrogen-bond acceptors (Lipinski definition) is 2. The Kier molecular flexibility index (Phi) is 4.26. The van der Waals surface area contributed by atoms with Crippen LogP contribution in [0.5, 0.6) is 0 Å². The van der Waals surface area contributed by atoms with Gasteiger partial charge in [0.25, 0.3) is 5.91 Å². The molecule has 0 spiro atoms. The molecule has 21 heavy (non-hydrogen) atoms. The zero-order valence-electron chi connectivity index (χ0n) is 11.9. The summed E-state index contributed by atoms with van der Waals surface area (Å²) in [4.78, 5) is 12.4. The minimum Gasteiger partial charge on any atom is -0.322 e. The molecule has 0 saturated carbocycles. The quantitative estimate of drug-likeness (QED) is 0.769. The molecular formula is C17H17IN2O. The van der Waals surface area contributed by atoms with Crippen molar-refractivity contribution in [1.29, 1.82) is 0 Å². The zero-order chi connectivity index (χ0) is 14.8.